The van der Waals surface area contributed by atoms with Gasteiger partial charge in [0.05, 0.1) is 25.9 Å². The van der Waals surface area contributed by atoms with Crippen LogP contribution in [0.3, 0.4) is 0 Å². The molecule has 1 aliphatic rings. The Bertz CT molecular complexity index is 196. The third-order valence-electron chi connectivity index (χ3n) is 2.42. The number of epoxide rings is 1. The van der Waals surface area contributed by atoms with E-state index in [-0.39, 0.29) is 0 Å². The summed E-state index contributed by atoms with van der Waals surface area (Å²) in [6.45, 7) is 7.26. The molecule has 8 nitrogen and oxygen atoms in total. The molecule has 1 rings (SSSR count). The Morgan fingerprint density at radius 1 is 0.952 bits per heavy atom. The van der Waals surface area contributed by atoms with Crippen molar-refractivity contribution >= 4 is 0 Å². The first-order valence-electron chi connectivity index (χ1n) is 6.98. The van der Waals surface area contributed by atoms with Gasteiger partial charge in [0.25, 0.3) is 0 Å². The Kier molecular flexibility index (Phi) is 16.0. The largest absolute Gasteiger partial charge is 0.394 e. The van der Waals surface area contributed by atoms with E-state index in [4.69, 9.17) is 40.1 Å². The SMILES string of the molecule is CC1CO1.CCOCC.OC[C@@H](O)[C@@H](O)[C@H](O)[C@@H](O)CO. The summed E-state index contributed by atoms with van der Waals surface area (Å²) in [5, 5.41) is 52.2. The van der Waals surface area contributed by atoms with E-state index in [9.17, 15) is 0 Å². The van der Waals surface area contributed by atoms with E-state index in [2.05, 4.69) is 6.92 Å². The van der Waals surface area contributed by atoms with Crippen LogP contribution in [0, 0.1) is 0 Å². The van der Waals surface area contributed by atoms with Crippen LogP contribution in [0.4, 0.5) is 0 Å². The van der Waals surface area contributed by atoms with Gasteiger partial charge in [0.2, 0.25) is 0 Å². The van der Waals surface area contributed by atoms with Gasteiger partial charge in [0.15, 0.2) is 0 Å². The van der Waals surface area contributed by atoms with Gasteiger partial charge in [-0.1, -0.05) is 0 Å². The van der Waals surface area contributed by atoms with Crippen molar-refractivity contribution in [1.29, 1.82) is 0 Å². The molecule has 0 spiro atoms. The molecule has 6 N–H and O–H groups in total. The minimum Gasteiger partial charge on any atom is -0.394 e. The van der Waals surface area contributed by atoms with Crippen LogP contribution < -0.4 is 0 Å². The third kappa shape index (κ3) is 14.4. The summed E-state index contributed by atoms with van der Waals surface area (Å²) in [6.07, 6.45) is -5.81. The van der Waals surface area contributed by atoms with Gasteiger partial charge in [0, 0.05) is 13.2 Å². The topological polar surface area (TPSA) is 143 Å². The molecule has 0 bridgehead atoms. The molecular formula is C13H30O8. The van der Waals surface area contributed by atoms with Crippen LogP contribution in [0.2, 0.25) is 0 Å². The fourth-order valence-corrected chi connectivity index (χ4v) is 0.972. The lowest BCUT2D eigenvalue weighted by Gasteiger charge is -2.24. The van der Waals surface area contributed by atoms with Gasteiger partial charge < -0.3 is 40.1 Å². The molecule has 5 atom stereocenters. The average molecular weight is 314 g/mol. The van der Waals surface area contributed by atoms with E-state index in [0.717, 1.165) is 19.8 Å². The number of hydrogen-bond donors (Lipinski definition) is 6. The Morgan fingerprint density at radius 3 is 1.33 bits per heavy atom. The van der Waals surface area contributed by atoms with Crippen molar-refractivity contribution < 1.29 is 40.1 Å². The molecular weight excluding hydrogens is 284 g/mol. The molecule has 0 aromatic heterocycles. The molecule has 1 aliphatic heterocycles. The molecule has 1 heterocycles. The minimum atomic E-state index is -1.67. The van der Waals surface area contributed by atoms with Crippen LogP contribution >= 0.6 is 0 Å². The average Bonchev–Trinajstić information content (AvgIpc) is 3.28. The normalized spacial score (nSPS) is 21.9. The molecule has 0 radical (unpaired) electrons. The maximum atomic E-state index is 8.96. The number of aliphatic hydroxyl groups excluding tert-OH is 6. The van der Waals surface area contributed by atoms with E-state index in [1.807, 2.05) is 13.8 Å². The van der Waals surface area contributed by atoms with Gasteiger partial charge in [-0.15, -0.1) is 0 Å². The van der Waals surface area contributed by atoms with Gasteiger partial charge in [-0.05, 0) is 20.8 Å². The molecule has 0 aliphatic carbocycles. The summed E-state index contributed by atoms with van der Waals surface area (Å²) < 4.78 is 9.54. The molecule has 130 valence electrons. The van der Waals surface area contributed by atoms with E-state index < -0.39 is 37.6 Å². The highest BCUT2D eigenvalue weighted by Crippen LogP contribution is 2.04. The summed E-state index contributed by atoms with van der Waals surface area (Å²) in [6, 6.07) is 0. The van der Waals surface area contributed by atoms with Crippen molar-refractivity contribution in [3.63, 3.8) is 0 Å². The molecule has 1 unspecified atom stereocenters. The second kappa shape index (κ2) is 14.6. The van der Waals surface area contributed by atoms with Crippen LogP contribution in [0.1, 0.15) is 20.8 Å². The molecule has 8 heteroatoms. The van der Waals surface area contributed by atoms with Crippen molar-refractivity contribution in [2.75, 3.05) is 33.0 Å². The molecule has 21 heavy (non-hydrogen) atoms. The third-order valence-corrected chi connectivity index (χ3v) is 2.42. The highest BCUT2D eigenvalue weighted by Gasteiger charge is 2.29. The Morgan fingerprint density at radius 2 is 1.24 bits per heavy atom. The smallest absolute Gasteiger partial charge is 0.111 e. The van der Waals surface area contributed by atoms with E-state index in [1.54, 1.807) is 0 Å². The quantitative estimate of drug-likeness (QED) is 0.292. The molecule has 0 saturated carbocycles. The Labute approximate surface area is 125 Å². The van der Waals surface area contributed by atoms with Crippen LogP contribution in [0.15, 0.2) is 0 Å². The van der Waals surface area contributed by atoms with Gasteiger partial charge in [-0.2, -0.15) is 0 Å². The lowest BCUT2D eigenvalue weighted by atomic mass is 10.0. The number of rotatable bonds is 7. The van der Waals surface area contributed by atoms with Crippen LogP contribution in [-0.2, 0) is 9.47 Å². The minimum absolute atomic E-state index is 0.583. The fourth-order valence-electron chi connectivity index (χ4n) is 0.972. The molecule has 0 aromatic rings. The maximum Gasteiger partial charge on any atom is 0.111 e. The van der Waals surface area contributed by atoms with Crippen LogP contribution in [0.25, 0.3) is 0 Å². The standard InChI is InChI=1S/C6H14O6.C4H10O.C3H6O/c7-1-3(9)5(11)6(12)4(10)2-8;1-3-5-4-2;1-3-2-4-3/h3-12H,1-2H2;3-4H2,1-2H3;3H,2H2,1H3/t3-,4+,5-,6-;;/m1../s1. The maximum absolute atomic E-state index is 8.96. The summed E-state index contributed by atoms with van der Waals surface area (Å²) in [7, 11) is 0. The molecule has 1 saturated heterocycles. The van der Waals surface area contributed by atoms with Crippen molar-refractivity contribution in [2.24, 2.45) is 0 Å². The first-order valence-corrected chi connectivity index (χ1v) is 6.98. The lowest BCUT2D eigenvalue weighted by Crippen LogP contribution is -2.46. The zero-order chi connectivity index (χ0) is 16.8. The van der Waals surface area contributed by atoms with E-state index in [1.165, 1.54) is 0 Å². The highest BCUT2D eigenvalue weighted by atomic mass is 16.6. The Balaban J connectivity index is 0. The van der Waals surface area contributed by atoms with Crippen LogP contribution in [0.5, 0.6) is 0 Å². The summed E-state index contributed by atoms with van der Waals surface area (Å²) >= 11 is 0. The zero-order valence-corrected chi connectivity index (χ0v) is 12.9. The van der Waals surface area contributed by atoms with Gasteiger partial charge in [-0.3, -0.25) is 0 Å². The zero-order valence-electron chi connectivity index (χ0n) is 12.9. The summed E-state index contributed by atoms with van der Waals surface area (Å²) in [4.78, 5) is 0. The van der Waals surface area contributed by atoms with Crippen molar-refractivity contribution in [1.82, 2.24) is 0 Å². The number of hydrogen-bond acceptors (Lipinski definition) is 8. The summed E-state index contributed by atoms with van der Waals surface area (Å²) in [5.41, 5.74) is 0. The predicted molar refractivity (Wildman–Crippen MR) is 75.8 cm³/mol. The van der Waals surface area contributed by atoms with Crippen molar-refractivity contribution in [3.8, 4) is 0 Å². The lowest BCUT2D eigenvalue weighted by molar-refractivity contribution is -0.123. The molecule has 0 amide bonds. The number of ether oxygens (including phenoxy) is 2. The van der Waals surface area contributed by atoms with E-state index in [0.29, 0.717) is 6.10 Å². The fraction of sp³-hybridized carbons (Fsp3) is 1.00. The first-order chi connectivity index (χ1) is 9.85. The molecule has 0 aromatic carbocycles. The Hall–Kier alpha value is -0.320. The molecule has 1 fully saturated rings. The highest BCUT2D eigenvalue weighted by molar-refractivity contribution is 4.79. The monoisotopic (exact) mass is 314 g/mol. The van der Waals surface area contributed by atoms with Gasteiger partial charge >= 0.3 is 0 Å². The second-order valence-corrected chi connectivity index (χ2v) is 4.41. The number of aliphatic hydroxyl groups is 6. The van der Waals surface area contributed by atoms with Crippen molar-refractivity contribution in [3.05, 3.63) is 0 Å². The van der Waals surface area contributed by atoms with Gasteiger partial charge in [0.1, 0.15) is 24.4 Å². The predicted octanol–water partition coefficient (Wildman–Crippen LogP) is -2.14. The van der Waals surface area contributed by atoms with Crippen molar-refractivity contribution in [2.45, 2.75) is 51.3 Å². The summed E-state index contributed by atoms with van der Waals surface area (Å²) in [5.74, 6) is 0. The van der Waals surface area contributed by atoms with Crippen LogP contribution in [-0.4, -0.2) is 94.2 Å². The van der Waals surface area contributed by atoms with E-state index >= 15 is 0 Å². The second-order valence-electron chi connectivity index (χ2n) is 4.41. The first kappa shape index (κ1) is 23.0. The van der Waals surface area contributed by atoms with Gasteiger partial charge in [-0.25, -0.2) is 0 Å².